The first-order chi connectivity index (χ1) is 11.8. The van der Waals surface area contributed by atoms with Crippen LogP contribution >= 0.6 is 0 Å². The summed E-state index contributed by atoms with van der Waals surface area (Å²) in [6, 6.07) is 11.9. The molecule has 118 valence electrons. The average molecular weight is 318 g/mol. The molecule has 7 heteroatoms. The topological polar surface area (TPSA) is 82.5 Å². The lowest BCUT2D eigenvalue weighted by Crippen LogP contribution is -2.00. The molecule has 0 aliphatic carbocycles. The largest absolute Gasteiger partial charge is 0.334 e. The van der Waals surface area contributed by atoms with Gasteiger partial charge in [0.1, 0.15) is 0 Å². The number of nitrogens with zero attached hydrogens (tertiary/aromatic N) is 6. The molecule has 0 saturated carbocycles. The molecule has 0 atom stereocenters. The maximum Gasteiger partial charge on any atom is 0.258 e. The van der Waals surface area contributed by atoms with E-state index in [4.69, 9.17) is 4.52 Å². The zero-order chi connectivity index (χ0) is 16.4. The molecule has 0 spiro atoms. The van der Waals surface area contributed by atoms with Gasteiger partial charge >= 0.3 is 0 Å². The molecule has 0 amide bonds. The second kappa shape index (κ2) is 6.04. The van der Waals surface area contributed by atoms with Crippen LogP contribution in [0.25, 0.3) is 23.0 Å². The molecule has 0 fully saturated rings. The van der Waals surface area contributed by atoms with Crippen LogP contribution in [0.5, 0.6) is 0 Å². The number of aromatic nitrogens is 6. The summed E-state index contributed by atoms with van der Waals surface area (Å²) in [7, 11) is 0. The number of benzene rings is 1. The number of rotatable bonds is 4. The fraction of sp³-hybridized carbons (Fsp3) is 0.118. The fourth-order valence-corrected chi connectivity index (χ4v) is 2.30. The smallest absolute Gasteiger partial charge is 0.258 e. The van der Waals surface area contributed by atoms with Crippen molar-refractivity contribution in [2.24, 2.45) is 0 Å². The van der Waals surface area contributed by atoms with Crippen molar-refractivity contribution < 1.29 is 4.52 Å². The standard InChI is InChI=1S/C17H14N6O/c1-12-2-4-13(5-3-12)10-23-11-15(20-22-23)16-19-17(24-21-16)14-6-8-18-9-7-14/h2-9,11H,10H2,1H3. The van der Waals surface area contributed by atoms with Crippen LogP contribution in [0.2, 0.25) is 0 Å². The highest BCUT2D eigenvalue weighted by atomic mass is 16.5. The van der Waals surface area contributed by atoms with Crippen LogP contribution in [0.1, 0.15) is 11.1 Å². The average Bonchev–Trinajstić information content (AvgIpc) is 3.27. The Bertz CT molecular complexity index is 943. The molecule has 0 aliphatic heterocycles. The summed E-state index contributed by atoms with van der Waals surface area (Å²) in [5.41, 5.74) is 3.78. The normalized spacial score (nSPS) is 10.9. The van der Waals surface area contributed by atoms with E-state index in [0.29, 0.717) is 24.0 Å². The number of hydrogen-bond donors (Lipinski definition) is 0. The monoisotopic (exact) mass is 318 g/mol. The third kappa shape index (κ3) is 2.91. The van der Waals surface area contributed by atoms with Crippen LogP contribution in [-0.2, 0) is 6.54 Å². The van der Waals surface area contributed by atoms with E-state index in [1.54, 1.807) is 23.3 Å². The Morgan fingerprint density at radius 2 is 1.83 bits per heavy atom. The van der Waals surface area contributed by atoms with Gasteiger partial charge in [-0.1, -0.05) is 40.2 Å². The predicted octanol–water partition coefficient (Wildman–Crippen LogP) is 2.75. The van der Waals surface area contributed by atoms with Gasteiger partial charge in [0.05, 0.1) is 12.7 Å². The molecule has 0 radical (unpaired) electrons. The molecule has 3 aromatic heterocycles. The van der Waals surface area contributed by atoms with Crippen LogP contribution in [0.15, 0.2) is 59.5 Å². The van der Waals surface area contributed by atoms with Crippen LogP contribution in [0.3, 0.4) is 0 Å². The van der Waals surface area contributed by atoms with E-state index >= 15 is 0 Å². The van der Waals surface area contributed by atoms with Crippen molar-refractivity contribution in [3.63, 3.8) is 0 Å². The molecular weight excluding hydrogens is 304 g/mol. The minimum atomic E-state index is 0.414. The second-order valence-corrected chi connectivity index (χ2v) is 5.45. The van der Waals surface area contributed by atoms with Gasteiger partial charge in [0.25, 0.3) is 5.89 Å². The summed E-state index contributed by atoms with van der Waals surface area (Å²) in [5, 5.41) is 12.2. The fourth-order valence-electron chi connectivity index (χ4n) is 2.30. The molecular formula is C17H14N6O. The third-order valence-corrected chi connectivity index (χ3v) is 3.59. The van der Waals surface area contributed by atoms with Crippen molar-refractivity contribution in [2.75, 3.05) is 0 Å². The lowest BCUT2D eigenvalue weighted by atomic mass is 10.1. The molecule has 3 heterocycles. The molecule has 0 N–H and O–H groups in total. The van der Waals surface area contributed by atoms with Crippen molar-refractivity contribution in [1.82, 2.24) is 30.1 Å². The van der Waals surface area contributed by atoms with Gasteiger partial charge in [0, 0.05) is 18.0 Å². The molecule has 4 aromatic rings. The lowest BCUT2D eigenvalue weighted by Gasteiger charge is -2.00. The number of pyridine rings is 1. The first-order valence-corrected chi connectivity index (χ1v) is 7.48. The SMILES string of the molecule is Cc1ccc(Cn2cc(-c3noc(-c4ccncc4)n3)nn2)cc1. The molecule has 4 rings (SSSR count). The lowest BCUT2D eigenvalue weighted by molar-refractivity contribution is 0.432. The van der Waals surface area contributed by atoms with E-state index < -0.39 is 0 Å². The van der Waals surface area contributed by atoms with Crippen LogP contribution < -0.4 is 0 Å². The van der Waals surface area contributed by atoms with Crippen molar-refractivity contribution in [3.05, 3.63) is 66.1 Å². The van der Waals surface area contributed by atoms with Gasteiger partial charge in [-0.05, 0) is 24.6 Å². The number of hydrogen-bond acceptors (Lipinski definition) is 6. The first kappa shape index (κ1) is 14.3. The van der Waals surface area contributed by atoms with E-state index in [1.165, 1.54) is 5.56 Å². The van der Waals surface area contributed by atoms with Gasteiger partial charge in [-0.25, -0.2) is 4.68 Å². The van der Waals surface area contributed by atoms with Gasteiger partial charge in [-0.15, -0.1) is 5.10 Å². The highest BCUT2D eigenvalue weighted by molar-refractivity contribution is 5.55. The van der Waals surface area contributed by atoms with E-state index in [2.05, 4.69) is 56.6 Å². The summed E-state index contributed by atoms with van der Waals surface area (Å²) in [5.74, 6) is 0.845. The summed E-state index contributed by atoms with van der Waals surface area (Å²) in [4.78, 5) is 8.33. The Morgan fingerprint density at radius 1 is 1.04 bits per heavy atom. The Balaban J connectivity index is 1.55. The minimum Gasteiger partial charge on any atom is -0.334 e. The minimum absolute atomic E-state index is 0.414. The van der Waals surface area contributed by atoms with Crippen molar-refractivity contribution in [2.45, 2.75) is 13.5 Å². The summed E-state index contributed by atoms with van der Waals surface area (Å²) in [6.45, 7) is 2.70. The van der Waals surface area contributed by atoms with Gasteiger partial charge in [-0.2, -0.15) is 4.98 Å². The van der Waals surface area contributed by atoms with Crippen molar-refractivity contribution in [1.29, 1.82) is 0 Å². The van der Waals surface area contributed by atoms with E-state index in [9.17, 15) is 0 Å². The van der Waals surface area contributed by atoms with Gasteiger partial charge in [0.15, 0.2) is 5.69 Å². The Kier molecular flexibility index (Phi) is 3.59. The van der Waals surface area contributed by atoms with Gasteiger partial charge in [-0.3, -0.25) is 4.98 Å². The van der Waals surface area contributed by atoms with E-state index in [-0.39, 0.29) is 0 Å². The van der Waals surface area contributed by atoms with Crippen molar-refractivity contribution >= 4 is 0 Å². The number of aryl methyl sites for hydroxylation is 1. The molecule has 0 unspecified atom stereocenters. The Hall–Kier alpha value is -3.35. The highest BCUT2D eigenvalue weighted by Gasteiger charge is 2.13. The van der Waals surface area contributed by atoms with E-state index in [1.807, 2.05) is 12.1 Å². The quantitative estimate of drug-likeness (QED) is 0.575. The molecule has 24 heavy (non-hydrogen) atoms. The molecule has 0 aliphatic rings. The summed E-state index contributed by atoms with van der Waals surface area (Å²) >= 11 is 0. The molecule has 0 bridgehead atoms. The van der Waals surface area contributed by atoms with Crippen molar-refractivity contribution in [3.8, 4) is 23.0 Å². The van der Waals surface area contributed by atoms with Crippen LogP contribution in [0, 0.1) is 6.92 Å². The zero-order valence-corrected chi connectivity index (χ0v) is 13.0. The van der Waals surface area contributed by atoms with Crippen LogP contribution in [-0.4, -0.2) is 30.1 Å². The first-order valence-electron chi connectivity index (χ1n) is 7.48. The highest BCUT2D eigenvalue weighted by Crippen LogP contribution is 2.20. The third-order valence-electron chi connectivity index (χ3n) is 3.59. The summed E-state index contributed by atoms with van der Waals surface area (Å²) in [6.07, 6.45) is 5.16. The van der Waals surface area contributed by atoms with Gasteiger partial charge in [0.2, 0.25) is 5.82 Å². The Morgan fingerprint density at radius 3 is 2.62 bits per heavy atom. The zero-order valence-electron chi connectivity index (χ0n) is 13.0. The predicted molar refractivity (Wildman–Crippen MR) is 86.8 cm³/mol. The van der Waals surface area contributed by atoms with E-state index in [0.717, 1.165) is 11.1 Å². The second-order valence-electron chi connectivity index (χ2n) is 5.45. The molecule has 1 aromatic carbocycles. The molecule has 0 saturated heterocycles. The molecule has 7 nitrogen and oxygen atoms in total. The maximum absolute atomic E-state index is 5.28. The van der Waals surface area contributed by atoms with Gasteiger partial charge < -0.3 is 4.52 Å². The summed E-state index contributed by atoms with van der Waals surface area (Å²) < 4.78 is 7.03. The van der Waals surface area contributed by atoms with Crippen LogP contribution in [0.4, 0.5) is 0 Å². The Labute approximate surface area is 138 Å². The maximum atomic E-state index is 5.28.